The number of hydrogen-bond acceptors (Lipinski definition) is 4. The van der Waals surface area contributed by atoms with Crippen LogP contribution >= 0.6 is 0 Å². The van der Waals surface area contributed by atoms with Crippen molar-refractivity contribution in [1.29, 1.82) is 0 Å². The van der Waals surface area contributed by atoms with E-state index in [9.17, 15) is 9.59 Å². The third-order valence-electron chi connectivity index (χ3n) is 4.95. The van der Waals surface area contributed by atoms with E-state index >= 15 is 0 Å². The van der Waals surface area contributed by atoms with Crippen molar-refractivity contribution in [2.45, 2.75) is 71.5 Å². The summed E-state index contributed by atoms with van der Waals surface area (Å²) in [7, 11) is 0. The molecule has 0 amide bonds. The molecule has 132 valence electrons. The molecule has 1 heterocycles. The zero-order chi connectivity index (χ0) is 18.3. The van der Waals surface area contributed by atoms with E-state index in [2.05, 4.69) is 32.9 Å². The lowest BCUT2D eigenvalue weighted by Crippen LogP contribution is -2.53. The fourth-order valence-electron chi connectivity index (χ4n) is 3.17. The maximum Gasteiger partial charge on any atom is 0.324 e. The van der Waals surface area contributed by atoms with Crippen molar-refractivity contribution in [3.05, 3.63) is 35.4 Å². The zero-order valence-electron chi connectivity index (χ0n) is 15.7. The molecule has 2 rings (SSSR count). The van der Waals surface area contributed by atoms with Crippen molar-refractivity contribution in [3.63, 3.8) is 0 Å². The fourth-order valence-corrected chi connectivity index (χ4v) is 3.17. The lowest BCUT2D eigenvalue weighted by molar-refractivity contribution is -0.243. The smallest absolute Gasteiger partial charge is 0.324 e. The summed E-state index contributed by atoms with van der Waals surface area (Å²) in [5, 5.41) is 0. The van der Waals surface area contributed by atoms with E-state index in [1.807, 2.05) is 26.0 Å². The molecule has 4 nitrogen and oxygen atoms in total. The molecule has 1 saturated heterocycles. The summed E-state index contributed by atoms with van der Waals surface area (Å²) < 4.78 is 10.6. The first-order valence-electron chi connectivity index (χ1n) is 8.47. The number of rotatable bonds is 3. The van der Waals surface area contributed by atoms with E-state index in [1.54, 1.807) is 13.8 Å². The largest absolute Gasteiger partial charge is 0.422 e. The van der Waals surface area contributed by atoms with E-state index in [4.69, 9.17) is 9.47 Å². The van der Waals surface area contributed by atoms with Crippen molar-refractivity contribution >= 4 is 11.9 Å². The van der Waals surface area contributed by atoms with Crippen LogP contribution in [0, 0.1) is 5.92 Å². The Bertz CT molecular complexity index is 617. The molecule has 1 aromatic rings. The Balaban J connectivity index is 2.41. The first-order valence-corrected chi connectivity index (χ1v) is 8.47. The monoisotopic (exact) mass is 332 g/mol. The molecular weight excluding hydrogens is 304 g/mol. The summed E-state index contributed by atoms with van der Waals surface area (Å²) in [5.41, 5.74) is 1.53. The molecule has 1 aromatic carbocycles. The fraction of sp³-hybridized carbons (Fsp3) is 0.600. The normalized spacial score (nSPS) is 21.0. The molecule has 0 bridgehead atoms. The Labute approximate surface area is 144 Å². The zero-order valence-corrected chi connectivity index (χ0v) is 15.7. The summed E-state index contributed by atoms with van der Waals surface area (Å²) in [4.78, 5) is 25.0. The van der Waals surface area contributed by atoms with Crippen LogP contribution in [0.3, 0.4) is 0 Å². The number of hydrogen-bond donors (Lipinski definition) is 0. The summed E-state index contributed by atoms with van der Waals surface area (Å²) in [6.45, 7) is 13.5. The molecule has 0 radical (unpaired) electrons. The summed E-state index contributed by atoms with van der Waals surface area (Å²) in [6.07, 6.45) is 0.622. The Hall–Kier alpha value is -1.84. The standard InChI is InChI=1S/C20H28O4/c1-8-20(7,14-11-9-13(10-12-14)18(2,3)4)15-16(21)23-19(5,6)24-17(15)22/h9-12,15H,8H2,1-7H3/t20-/m0/s1. The van der Waals surface area contributed by atoms with Gasteiger partial charge in [0.05, 0.1) is 0 Å². The van der Waals surface area contributed by atoms with Gasteiger partial charge in [-0.15, -0.1) is 0 Å². The molecule has 4 heteroatoms. The highest BCUT2D eigenvalue weighted by Gasteiger charge is 2.52. The predicted molar refractivity (Wildman–Crippen MR) is 92.5 cm³/mol. The van der Waals surface area contributed by atoms with Crippen LogP contribution in [0.25, 0.3) is 0 Å². The Kier molecular flexibility index (Phi) is 4.55. The molecule has 0 saturated carbocycles. The van der Waals surface area contributed by atoms with Crippen LogP contribution in [0.5, 0.6) is 0 Å². The minimum absolute atomic E-state index is 0.0495. The van der Waals surface area contributed by atoms with Crippen LogP contribution < -0.4 is 0 Å². The van der Waals surface area contributed by atoms with Gasteiger partial charge in [0.15, 0.2) is 5.92 Å². The lowest BCUT2D eigenvalue weighted by atomic mass is 9.69. The van der Waals surface area contributed by atoms with Crippen LogP contribution in [0.2, 0.25) is 0 Å². The van der Waals surface area contributed by atoms with Crippen molar-refractivity contribution in [3.8, 4) is 0 Å². The Morgan fingerprint density at radius 1 is 0.917 bits per heavy atom. The van der Waals surface area contributed by atoms with Crippen LogP contribution in [0.4, 0.5) is 0 Å². The maximum absolute atomic E-state index is 12.5. The second kappa shape index (κ2) is 5.91. The van der Waals surface area contributed by atoms with E-state index in [0.29, 0.717) is 6.42 Å². The van der Waals surface area contributed by atoms with Gasteiger partial charge in [-0.3, -0.25) is 9.59 Å². The highest BCUT2D eigenvalue weighted by Crippen LogP contribution is 2.41. The van der Waals surface area contributed by atoms with Crippen LogP contribution in [0.15, 0.2) is 24.3 Å². The van der Waals surface area contributed by atoms with Gasteiger partial charge in [0.1, 0.15) is 0 Å². The minimum Gasteiger partial charge on any atom is -0.422 e. The Morgan fingerprint density at radius 3 is 1.71 bits per heavy atom. The van der Waals surface area contributed by atoms with Gasteiger partial charge in [-0.2, -0.15) is 0 Å². The number of benzene rings is 1. The first-order chi connectivity index (χ1) is 10.9. The quantitative estimate of drug-likeness (QED) is 0.617. The second-order valence-electron chi connectivity index (χ2n) is 8.27. The third-order valence-corrected chi connectivity index (χ3v) is 4.95. The number of carbonyl (C=O) groups excluding carboxylic acids is 2. The summed E-state index contributed by atoms with van der Waals surface area (Å²) >= 11 is 0. The number of cyclic esters (lactones) is 2. The van der Waals surface area contributed by atoms with Gasteiger partial charge in [0, 0.05) is 19.3 Å². The number of carbonyl (C=O) groups is 2. The molecule has 0 spiro atoms. The van der Waals surface area contributed by atoms with Gasteiger partial charge in [-0.1, -0.05) is 58.9 Å². The van der Waals surface area contributed by atoms with Gasteiger partial charge in [0.25, 0.3) is 5.79 Å². The van der Waals surface area contributed by atoms with Gasteiger partial charge in [-0.25, -0.2) is 0 Å². The Morgan fingerprint density at radius 2 is 1.33 bits per heavy atom. The molecule has 0 aliphatic carbocycles. The van der Waals surface area contributed by atoms with Crippen LogP contribution in [-0.2, 0) is 29.9 Å². The summed E-state index contributed by atoms with van der Waals surface area (Å²) in [6, 6.07) is 8.13. The highest BCUT2D eigenvalue weighted by molar-refractivity contribution is 5.98. The van der Waals surface area contributed by atoms with E-state index in [1.165, 1.54) is 5.56 Å². The average molecular weight is 332 g/mol. The molecular formula is C20H28O4. The molecule has 24 heavy (non-hydrogen) atoms. The van der Waals surface area contributed by atoms with E-state index in [0.717, 1.165) is 5.56 Å². The number of esters is 2. The third kappa shape index (κ3) is 3.33. The molecule has 0 aromatic heterocycles. The predicted octanol–water partition coefficient (Wildman–Crippen LogP) is 4.10. The molecule has 1 aliphatic heterocycles. The first kappa shape index (κ1) is 18.5. The highest BCUT2D eigenvalue weighted by atomic mass is 16.7. The molecule has 0 N–H and O–H groups in total. The van der Waals surface area contributed by atoms with Crippen molar-refractivity contribution in [2.75, 3.05) is 0 Å². The molecule has 1 fully saturated rings. The topological polar surface area (TPSA) is 52.6 Å². The van der Waals surface area contributed by atoms with Crippen molar-refractivity contribution < 1.29 is 19.1 Å². The molecule has 0 unspecified atom stereocenters. The van der Waals surface area contributed by atoms with Crippen molar-refractivity contribution in [1.82, 2.24) is 0 Å². The van der Waals surface area contributed by atoms with Crippen LogP contribution in [-0.4, -0.2) is 17.7 Å². The van der Waals surface area contributed by atoms with Crippen molar-refractivity contribution in [2.24, 2.45) is 5.92 Å². The summed E-state index contributed by atoms with van der Waals surface area (Å²) in [5.74, 6) is -3.17. The van der Waals surface area contributed by atoms with Gasteiger partial charge >= 0.3 is 11.9 Å². The molecule has 1 atom stereocenters. The van der Waals surface area contributed by atoms with Crippen LogP contribution in [0.1, 0.15) is 66.0 Å². The van der Waals surface area contributed by atoms with E-state index < -0.39 is 29.1 Å². The van der Waals surface area contributed by atoms with Gasteiger partial charge in [-0.05, 0) is 23.0 Å². The van der Waals surface area contributed by atoms with Gasteiger partial charge in [0.2, 0.25) is 0 Å². The average Bonchev–Trinajstić information content (AvgIpc) is 2.44. The SMILES string of the molecule is CC[C@@](C)(c1ccc(C(C)(C)C)cc1)C1C(=O)OC(C)(C)OC1=O. The minimum atomic E-state index is -1.20. The van der Waals surface area contributed by atoms with E-state index in [-0.39, 0.29) is 5.41 Å². The lowest BCUT2D eigenvalue weighted by Gasteiger charge is -2.41. The maximum atomic E-state index is 12.5. The number of ether oxygens (including phenoxy) is 2. The molecule has 1 aliphatic rings. The second-order valence-corrected chi connectivity index (χ2v) is 8.27. The van der Waals surface area contributed by atoms with Gasteiger partial charge < -0.3 is 9.47 Å².